The zero-order chi connectivity index (χ0) is 19.9. The van der Waals surface area contributed by atoms with E-state index in [0.29, 0.717) is 5.75 Å². The first-order valence-corrected chi connectivity index (χ1v) is 11.8. The van der Waals surface area contributed by atoms with Gasteiger partial charge in [-0.3, -0.25) is 5.32 Å². The molecule has 0 saturated carbocycles. The Bertz CT molecular complexity index is 916. The third kappa shape index (κ3) is 4.43. The number of hydrogen-bond donors (Lipinski definition) is 2. The van der Waals surface area contributed by atoms with E-state index in [1.165, 1.54) is 66.7 Å². The number of hydrogen-bond acceptors (Lipinski definition) is 3. The van der Waals surface area contributed by atoms with Gasteiger partial charge in [-0.25, -0.2) is 4.57 Å². The lowest BCUT2D eigenvalue weighted by atomic mass is 10.0. The first-order valence-electron chi connectivity index (χ1n) is 11.0. The number of rotatable bonds is 11. The lowest BCUT2D eigenvalue weighted by Gasteiger charge is -2.08. The Morgan fingerprint density at radius 2 is 1.61 bits per heavy atom. The van der Waals surface area contributed by atoms with Gasteiger partial charge in [-0.05, 0) is 50.0 Å². The molecule has 3 nitrogen and oxygen atoms in total. The van der Waals surface area contributed by atoms with E-state index in [-0.39, 0.29) is 0 Å². The van der Waals surface area contributed by atoms with Crippen molar-refractivity contribution in [3.8, 4) is 5.75 Å². The van der Waals surface area contributed by atoms with Crippen molar-refractivity contribution in [2.75, 3.05) is 11.9 Å². The molecule has 0 saturated heterocycles. The molecule has 4 heteroatoms. The van der Waals surface area contributed by atoms with Gasteiger partial charge in [0.05, 0.1) is 17.8 Å². The Balaban J connectivity index is 2.00. The molecule has 3 aromatic rings. The molecule has 2 aromatic carbocycles. The first-order chi connectivity index (χ1) is 13.7. The third-order valence-corrected chi connectivity index (χ3v) is 6.87. The summed E-state index contributed by atoms with van der Waals surface area (Å²) in [6.07, 6.45) is 10.1. The Hall–Kier alpha value is -1.81. The third-order valence-electron chi connectivity index (χ3n) is 5.60. The van der Waals surface area contributed by atoms with E-state index in [1.807, 2.05) is 19.1 Å². The second-order valence-corrected chi connectivity index (χ2v) is 8.80. The number of nitrogens with zero attached hydrogens (tertiary/aromatic N) is 1. The topological polar surface area (TPSA) is 36.1 Å². The monoisotopic (exact) mass is 399 g/mol. The maximum Gasteiger partial charge on any atom is 0.334 e. The molecule has 0 radical (unpaired) electrons. The van der Waals surface area contributed by atoms with Gasteiger partial charge in [0.15, 0.2) is 5.52 Å². The number of aromatic nitrogens is 1. The predicted molar refractivity (Wildman–Crippen MR) is 123 cm³/mol. The molecule has 28 heavy (non-hydrogen) atoms. The summed E-state index contributed by atoms with van der Waals surface area (Å²) in [6.45, 7) is 8.61. The van der Waals surface area contributed by atoms with Crippen LogP contribution in [0.3, 0.4) is 0 Å². The van der Waals surface area contributed by atoms with Gasteiger partial charge in [0.25, 0.3) is 0 Å². The van der Waals surface area contributed by atoms with Crippen LogP contribution in [-0.4, -0.2) is 11.7 Å². The Morgan fingerprint density at radius 1 is 0.929 bits per heavy atom. The van der Waals surface area contributed by atoms with Crippen LogP contribution >= 0.6 is 11.3 Å². The van der Waals surface area contributed by atoms with Gasteiger partial charge in [0.1, 0.15) is 5.75 Å². The van der Waals surface area contributed by atoms with Crippen LogP contribution in [0.2, 0.25) is 0 Å². The Kier molecular flexibility index (Phi) is 7.55. The average molecular weight is 400 g/mol. The fraction of sp³-hybridized carbons (Fsp3) is 0.542. The van der Waals surface area contributed by atoms with Gasteiger partial charge < -0.3 is 5.11 Å². The summed E-state index contributed by atoms with van der Waals surface area (Å²) in [6, 6.07) is 8.27. The number of nitrogens with one attached hydrogen (secondary N) is 1. The lowest BCUT2D eigenvalue weighted by molar-refractivity contribution is -0.653. The van der Waals surface area contributed by atoms with Crippen LogP contribution in [0.15, 0.2) is 24.3 Å². The van der Waals surface area contributed by atoms with E-state index in [0.717, 1.165) is 29.4 Å². The summed E-state index contributed by atoms with van der Waals surface area (Å²) in [5, 5.41) is 17.8. The van der Waals surface area contributed by atoms with Crippen LogP contribution in [0.5, 0.6) is 5.75 Å². The highest BCUT2D eigenvalue weighted by Gasteiger charge is 2.23. The van der Waals surface area contributed by atoms with Crippen molar-refractivity contribution in [2.24, 2.45) is 0 Å². The van der Waals surface area contributed by atoms with Crippen molar-refractivity contribution in [1.82, 2.24) is 0 Å². The molecule has 0 atom stereocenters. The van der Waals surface area contributed by atoms with E-state index in [9.17, 15) is 5.11 Å². The summed E-state index contributed by atoms with van der Waals surface area (Å²) in [5.41, 5.74) is 2.28. The van der Waals surface area contributed by atoms with Crippen molar-refractivity contribution < 1.29 is 9.67 Å². The Morgan fingerprint density at radius 3 is 2.32 bits per heavy atom. The minimum absolute atomic E-state index is 0.428. The highest BCUT2D eigenvalue weighted by atomic mass is 32.1. The second-order valence-electron chi connectivity index (χ2n) is 7.80. The number of thiazole rings is 1. The number of benzene rings is 2. The number of phenols is 1. The highest BCUT2D eigenvalue weighted by Crippen LogP contribution is 2.39. The van der Waals surface area contributed by atoms with Crippen molar-refractivity contribution in [3.05, 3.63) is 29.8 Å². The van der Waals surface area contributed by atoms with Gasteiger partial charge >= 0.3 is 5.13 Å². The summed E-state index contributed by atoms with van der Waals surface area (Å²) in [5.74, 6) is 0.428. The van der Waals surface area contributed by atoms with Crippen LogP contribution < -0.4 is 9.88 Å². The maximum absolute atomic E-state index is 10.8. The first kappa shape index (κ1) is 20.9. The van der Waals surface area contributed by atoms with Crippen LogP contribution in [0.4, 0.5) is 5.13 Å². The van der Waals surface area contributed by atoms with Gasteiger partial charge in [0, 0.05) is 16.3 Å². The lowest BCUT2D eigenvalue weighted by Crippen LogP contribution is -2.35. The van der Waals surface area contributed by atoms with Crippen molar-refractivity contribution in [1.29, 1.82) is 0 Å². The standard InChI is InChI=1S/C24H34N2OS/c1-4-6-8-12-16-25-24-26(17-13-9-7-5-2)21-19-14-10-11-15-20(19)22(27)18(3)23(21)28-24/h10-11,14-15,27H,4-9,12-13,16-17H2,1-3H3/p+1. The molecule has 0 bridgehead atoms. The molecular weight excluding hydrogens is 364 g/mol. The van der Waals surface area contributed by atoms with E-state index >= 15 is 0 Å². The SMILES string of the molecule is CCCCCCNc1sc2c(C)c(O)c3ccccc3c2[n+]1CCCCCC. The quantitative estimate of drug-likeness (QED) is 0.271. The molecule has 0 fully saturated rings. The number of aromatic hydroxyl groups is 1. The molecule has 0 amide bonds. The molecule has 0 spiro atoms. The number of anilines is 1. The largest absolute Gasteiger partial charge is 0.507 e. The van der Waals surface area contributed by atoms with Crippen LogP contribution in [-0.2, 0) is 6.54 Å². The number of unbranched alkanes of at least 4 members (excludes halogenated alkanes) is 6. The highest BCUT2D eigenvalue weighted by molar-refractivity contribution is 7.22. The van der Waals surface area contributed by atoms with E-state index in [4.69, 9.17) is 0 Å². The zero-order valence-electron chi connectivity index (χ0n) is 17.7. The molecule has 0 aliphatic rings. The van der Waals surface area contributed by atoms with Crippen LogP contribution in [0, 0.1) is 6.92 Å². The zero-order valence-corrected chi connectivity index (χ0v) is 18.5. The molecule has 0 aliphatic heterocycles. The van der Waals surface area contributed by atoms with E-state index in [1.54, 1.807) is 11.3 Å². The van der Waals surface area contributed by atoms with Crippen molar-refractivity contribution >= 4 is 37.5 Å². The minimum Gasteiger partial charge on any atom is -0.507 e. The number of aryl methyl sites for hydroxylation is 2. The predicted octanol–water partition coefficient (Wildman–Crippen LogP) is 6.93. The molecule has 152 valence electrons. The van der Waals surface area contributed by atoms with Crippen LogP contribution in [0.25, 0.3) is 21.0 Å². The second kappa shape index (κ2) is 10.1. The van der Waals surface area contributed by atoms with Gasteiger partial charge in [-0.1, -0.05) is 57.7 Å². The van der Waals surface area contributed by atoms with Gasteiger partial charge in [-0.15, -0.1) is 0 Å². The van der Waals surface area contributed by atoms with E-state index in [2.05, 4.69) is 35.9 Å². The average Bonchev–Trinajstić information content (AvgIpc) is 3.08. The van der Waals surface area contributed by atoms with Crippen molar-refractivity contribution in [2.45, 2.75) is 78.7 Å². The van der Waals surface area contributed by atoms with E-state index < -0.39 is 0 Å². The number of phenolic OH excluding ortho intramolecular Hbond substituents is 1. The smallest absolute Gasteiger partial charge is 0.334 e. The molecule has 3 rings (SSSR count). The van der Waals surface area contributed by atoms with Crippen molar-refractivity contribution in [3.63, 3.8) is 0 Å². The maximum atomic E-state index is 10.8. The molecule has 2 N–H and O–H groups in total. The fourth-order valence-corrected chi connectivity index (χ4v) is 5.17. The molecule has 0 aliphatic carbocycles. The fourth-order valence-electron chi connectivity index (χ4n) is 3.94. The summed E-state index contributed by atoms with van der Waals surface area (Å²) >= 11 is 1.80. The summed E-state index contributed by atoms with van der Waals surface area (Å²) in [4.78, 5) is 0. The number of fused-ring (bicyclic) bond motifs is 3. The molecular formula is C24H35N2OS+. The van der Waals surface area contributed by atoms with Crippen LogP contribution in [0.1, 0.15) is 70.8 Å². The molecule has 0 unspecified atom stereocenters. The summed E-state index contributed by atoms with van der Waals surface area (Å²) in [7, 11) is 0. The molecule has 1 heterocycles. The summed E-state index contributed by atoms with van der Waals surface area (Å²) < 4.78 is 3.69. The minimum atomic E-state index is 0.428. The normalized spacial score (nSPS) is 11.5. The van der Waals surface area contributed by atoms with Gasteiger partial charge in [0.2, 0.25) is 0 Å². The van der Waals surface area contributed by atoms with Gasteiger partial charge in [-0.2, -0.15) is 0 Å². The Labute approximate surface area is 173 Å². The molecule has 1 aromatic heterocycles.